The number of aromatic amines is 1. The number of carbonyl (C=O) groups excluding carboxylic acids is 1. The lowest BCUT2D eigenvalue weighted by Crippen LogP contribution is -2.06. The largest absolute Gasteiger partial charge is 0.460 e. The molecule has 0 aliphatic rings. The molecule has 0 atom stereocenters. The van der Waals surface area contributed by atoms with Crippen molar-refractivity contribution >= 4 is 11.7 Å². The van der Waals surface area contributed by atoms with E-state index in [0.717, 1.165) is 0 Å². The summed E-state index contributed by atoms with van der Waals surface area (Å²) in [5, 5.41) is 6.30. The summed E-state index contributed by atoms with van der Waals surface area (Å²) in [6.45, 7) is 1.94. The number of aromatic nitrogens is 3. The second-order valence-electron chi connectivity index (χ2n) is 3.46. The van der Waals surface area contributed by atoms with Gasteiger partial charge in [-0.2, -0.15) is 5.10 Å². The van der Waals surface area contributed by atoms with Crippen molar-refractivity contribution in [3.63, 3.8) is 0 Å². The SMILES string of the molecule is CCOC(=O)c1nc(-c2ccc(F)c(N)c2)n[nH]1. The van der Waals surface area contributed by atoms with Crippen molar-refractivity contribution in [2.45, 2.75) is 6.92 Å². The third-order valence-corrected chi connectivity index (χ3v) is 2.21. The molecule has 0 aliphatic heterocycles. The minimum absolute atomic E-state index is 0.00464. The number of halogens is 1. The van der Waals surface area contributed by atoms with E-state index in [2.05, 4.69) is 15.2 Å². The van der Waals surface area contributed by atoms with E-state index in [1.54, 1.807) is 6.92 Å². The number of hydrogen-bond acceptors (Lipinski definition) is 5. The van der Waals surface area contributed by atoms with Gasteiger partial charge in [-0.3, -0.25) is 5.10 Å². The molecule has 0 bridgehead atoms. The van der Waals surface area contributed by atoms with Gasteiger partial charge in [0.1, 0.15) is 5.82 Å². The Morgan fingerprint density at radius 2 is 2.33 bits per heavy atom. The molecule has 0 fully saturated rings. The first-order valence-electron chi connectivity index (χ1n) is 5.26. The average Bonchev–Trinajstić information content (AvgIpc) is 2.82. The first-order valence-corrected chi connectivity index (χ1v) is 5.26. The van der Waals surface area contributed by atoms with E-state index < -0.39 is 11.8 Å². The Morgan fingerprint density at radius 1 is 1.56 bits per heavy atom. The van der Waals surface area contributed by atoms with Crippen molar-refractivity contribution < 1.29 is 13.9 Å². The van der Waals surface area contributed by atoms with E-state index in [1.165, 1.54) is 18.2 Å². The van der Waals surface area contributed by atoms with Gasteiger partial charge in [-0.05, 0) is 25.1 Å². The van der Waals surface area contributed by atoms with Crippen LogP contribution >= 0.6 is 0 Å². The standard InChI is InChI=1S/C11H11FN4O2/c1-2-18-11(17)10-14-9(15-16-10)6-3-4-7(12)8(13)5-6/h3-5H,2,13H2,1H3,(H,14,15,16). The minimum atomic E-state index is -0.591. The molecule has 1 heterocycles. The number of carbonyl (C=O) groups is 1. The van der Waals surface area contributed by atoms with Crippen LogP contribution in [0.15, 0.2) is 18.2 Å². The molecule has 2 rings (SSSR count). The number of benzene rings is 1. The van der Waals surface area contributed by atoms with Crippen LogP contribution in [-0.4, -0.2) is 27.8 Å². The average molecular weight is 250 g/mol. The number of nitrogens with zero attached hydrogens (tertiary/aromatic N) is 2. The van der Waals surface area contributed by atoms with Gasteiger partial charge in [0.25, 0.3) is 0 Å². The topological polar surface area (TPSA) is 93.9 Å². The van der Waals surface area contributed by atoms with Crippen LogP contribution in [-0.2, 0) is 4.74 Å². The molecule has 0 saturated carbocycles. The van der Waals surface area contributed by atoms with Crippen LogP contribution in [0, 0.1) is 5.82 Å². The predicted octanol–water partition coefficient (Wildman–Crippen LogP) is 1.37. The van der Waals surface area contributed by atoms with E-state index in [0.29, 0.717) is 5.56 Å². The fourth-order valence-electron chi connectivity index (χ4n) is 1.36. The zero-order valence-electron chi connectivity index (χ0n) is 9.61. The lowest BCUT2D eigenvalue weighted by Gasteiger charge is -1.98. The lowest BCUT2D eigenvalue weighted by atomic mass is 10.2. The molecule has 3 N–H and O–H groups in total. The second kappa shape index (κ2) is 4.82. The number of ether oxygens (including phenoxy) is 1. The fourth-order valence-corrected chi connectivity index (χ4v) is 1.36. The molecule has 7 heteroatoms. The van der Waals surface area contributed by atoms with Crippen molar-refractivity contribution in [2.24, 2.45) is 0 Å². The molecule has 1 aromatic heterocycles. The number of hydrogen-bond donors (Lipinski definition) is 2. The van der Waals surface area contributed by atoms with Gasteiger partial charge in [0.05, 0.1) is 12.3 Å². The highest BCUT2D eigenvalue weighted by Gasteiger charge is 2.14. The van der Waals surface area contributed by atoms with Crippen molar-refractivity contribution in [2.75, 3.05) is 12.3 Å². The van der Waals surface area contributed by atoms with Gasteiger partial charge >= 0.3 is 5.97 Å². The van der Waals surface area contributed by atoms with Gasteiger partial charge in [-0.25, -0.2) is 14.2 Å². The van der Waals surface area contributed by atoms with Crippen LogP contribution in [0.25, 0.3) is 11.4 Å². The van der Waals surface area contributed by atoms with Crippen LogP contribution in [0.4, 0.5) is 10.1 Å². The van der Waals surface area contributed by atoms with Gasteiger partial charge in [-0.1, -0.05) is 0 Å². The highest BCUT2D eigenvalue weighted by atomic mass is 19.1. The number of anilines is 1. The molecule has 1 aromatic carbocycles. The number of nitrogen functional groups attached to an aromatic ring is 1. The summed E-state index contributed by atoms with van der Waals surface area (Å²) in [5.74, 6) is -0.856. The van der Waals surface area contributed by atoms with E-state index in [4.69, 9.17) is 10.5 Å². The van der Waals surface area contributed by atoms with Crippen molar-refractivity contribution in [1.82, 2.24) is 15.2 Å². The van der Waals surface area contributed by atoms with Crippen LogP contribution in [0.5, 0.6) is 0 Å². The second-order valence-corrected chi connectivity index (χ2v) is 3.46. The molecule has 0 aliphatic carbocycles. The van der Waals surface area contributed by atoms with Crippen LogP contribution < -0.4 is 5.73 Å². The molecule has 6 nitrogen and oxygen atoms in total. The quantitative estimate of drug-likeness (QED) is 0.633. The number of rotatable bonds is 3. The number of esters is 1. The fraction of sp³-hybridized carbons (Fsp3) is 0.182. The Kier molecular flexibility index (Phi) is 3.22. The molecular formula is C11H11FN4O2. The molecule has 0 radical (unpaired) electrons. The molecule has 0 unspecified atom stereocenters. The van der Waals surface area contributed by atoms with Crippen molar-refractivity contribution in [3.05, 3.63) is 29.8 Å². The summed E-state index contributed by atoms with van der Waals surface area (Å²) in [6, 6.07) is 4.09. The van der Waals surface area contributed by atoms with Gasteiger partial charge < -0.3 is 10.5 Å². The van der Waals surface area contributed by atoms with Gasteiger partial charge in [-0.15, -0.1) is 0 Å². The van der Waals surface area contributed by atoms with E-state index in [9.17, 15) is 9.18 Å². The molecule has 0 saturated heterocycles. The Morgan fingerprint density at radius 3 is 3.00 bits per heavy atom. The van der Waals surface area contributed by atoms with Gasteiger partial charge in [0, 0.05) is 5.56 Å². The molecular weight excluding hydrogens is 239 g/mol. The summed E-state index contributed by atoms with van der Waals surface area (Å²) >= 11 is 0. The smallest absolute Gasteiger partial charge is 0.375 e. The Bertz CT molecular complexity index is 582. The minimum Gasteiger partial charge on any atom is -0.460 e. The maximum atomic E-state index is 13.0. The summed E-state index contributed by atoms with van der Waals surface area (Å²) in [5.41, 5.74) is 5.95. The van der Waals surface area contributed by atoms with Crippen LogP contribution in [0.3, 0.4) is 0 Å². The number of H-pyrrole nitrogens is 1. The van der Waals surface area contributed by atoms with E-state index >= 15 is 0 Å². The molecule has 0 spiro atoms. The summed E-state index contributed by atoms with van der Waals surface area (Å²) in [6.07, 6.45) is 0. The van der Waals surface area contributed by atoms with Crippen LogP contribution in [0.2, 0.25) is 0 Å². The van der Waals surface area contributed by atoms with Crippen molar-refractivity contribution in [3.8, 4) is 11.4 Å². The highest BCUT2D eigenvalue weighted by molar-refractivity contribution is 5.85. The first kappa shape index (κ1) is 12.0. The maximum Gasteiger partial charge on any atom is 0.375 e. The normalized spacial score (nSPS) is 10.3. The maximum absolute atomic E-state index is 13.0. The molecule has 94 valence electrons. The molecule has 18 heavy (non-hydrogen) atoms. The monoisotopic (exact) mass is 250 g/mol. The zero-order chi connectivity index (χ0) is 13.1. The predicted molar refractivity (Wildman–Crippen MR) is 62.1 cm³/mol. The summed E-state index contributed by atoms with van der Waals surface area (Å²) in [7, 11) is 0. The Hall–Kier alpha value is -2.44. The van der Waals surface area contributed by atoms with Gasteiger partial charge in [0.2, 0.25) is 5.82 Å². The third kappa shape index (κ3) is 2.29. The Labute approximate surface area is 102 Å². The number of nitrogens with two attached hydrogens (primary N) is 1. The zero-order valence-corrected chi connectivity index (χ0v) is 9.61. The first-order chi connectivity index (χ1) is 8.61. The Balaban J connectivity index is 2.29. The molecule has 2 aromatic rings. The highest BCUT2D eigenvalue weighted by Crippen LogP contribution is 2.20. The van der Waals surface area contributed by atoms with Crippen LogP contribution in [0.1, 0.15) is 17.5 Å². The van der Waals surface area contributed by atoms with E-state index in [1.807, 2.05) is 0 Å². The summed E-state index contributed by atoms with van der Waals surface area (Å²) in [4.78, 5) is 15.3. The summed E-state index contributed by atoms with van der Waals surface area (Å²) < 4.78 is 17.8. The van der Waals surface area contributed by atoms with Gasteiger partial charge in [0.15, 0.2) is 5.82 Å². The molecule has 0 amide bonds. The lowest BCUT2D eigenvalue weighted by molar-refractivity contribution is 0.0512. The third-order valence-electron chi connectivity index (χ3n) is 2.21. The van der Waals surface area contributed by atoms with E-state index in [-0.39, 0.29) is 23.9 Å². The number of nitrogens with one attached hydrogen (secondary N) is 1. The van der Waals surface area contributed by atoms with Crippen molar-refractivity contribution in [1.29, 1.82) is 0 Å².